The van der Waals surface area contributed by atoms with Crippen molar-refractivity contribution in [3.05, 3.63) is 16.6 Å². The van der Waals surface area contributed by atoms with Gasteiger partial charge in [0.15, 0.2) is 0 Å². The molecule has 0 spiro atoms. The summed E-state index contributed by atoms with van der Waals surface area (Å²) >= 11 is 1.49. The summed E-state index contributed by atoms with van der Waals surface area (Å²) in [5.74, 6) is -0.155. The van der Waals surface area contributed by atoms with E-state index >= 15 is 0 Å². The van der Waals surface area contributed by atoms with Crippen LogP contribution in [0.2, 0.25) is 0 Å². The summed E-state index contributed by atoms with van der Waals surface area (Å²) in [5.41, 5.74) is 0.657. The lowest BCUT2D eigenvalue weighted by Crippen LogP contribution is -2.19. The predicted octanol–water partition coefficient (Wildman–Crippen LogP) is 2.99. The Balaban J connectivity index is 1.88. The lowest BCUT2D eigenvalue weighted by atomic mass is 9.89. The molecule has 1 aliphatic rings. The highest BCUT2D eigenvalue weighted by molar-refractivity contribution is 7.11. The summed E-state index contributed by atoms with van der Waals surface area (Å²) in [7, 11) is 0. The van der Waals surface area contributed by atoms with Crippen LogP contribution in [-0.4, -0.2) is 16.7 Å². The van der Waals surface area contributed by atoms with Crippen molar-refractivity contribution in [3.8, 4) is 0 Å². The first-order chi connectivity index (χ1) is 8.27. The second kappa shape index (κ2) is 5.91. The number of carbonyl (C=O) groups excluding carboxylic acids is 1. The first kappa shape index (κ1) is 12.2. The molecule has 1 aliphatic carbocycles. The number of aromatic nitrogens is 1. The van der Waals surface area contributed by atoms with Crippen LogP contribution in [0.3, 0.4) is 0 Å². The molecule has 4 nitrogen and oxygen atoms in total. The van der Waals surface area contributed by atoms with Gasteiger partial charge in [-0.15, -0.1) is 11.3 Å². The Morgan fingerprint density at radius 2 is 2.24 bits per heavy atom. The normalized spacial score (nSPS) is 18.1. The van der Waals surface area contributed by atoms with E-state index in [1.165, 1.54) is 17.8 Å². The maximum atomic E-state index is 11.7. The zero-order valence-corrected chi connectivity index (χ0v) is 10.7. The van der Waals surface area contributed by atoms with Gasteiger partial charge in [0, 0.05) is 11.6 Å². The molecular formula is C12H16N2O2S. The average Bonchev–Trinajstić information content (AvgIpc) is 2.90. The highest BCUT2D eigenvalue weighted by Crippen LogP contribution is 2.24. The van der Waals surface area contributed by atoms with E-state index in [9.17, 15) is 4.79 Å². The smallest absolute Gasteiger partial charge is 0.318 e. The van der Waals surface area contributed by atoms with E-state index in [2.05, 4.69) is 10.1 Å². The number of nitrogens with zero attached hydrogens (tertiary/aromatic N) is 2. The minimum atomic E-state index is -0.194. The van der Waals surface area contributed by atoms with Crippen molar-refractivity contribution in [2.24, 2.45) is 11.1 Å². The fourth-order valence-electron chi connectivity index (χ4n) is 1.97. The molecule has 0 radical (unpaired) electrons. The Hall–Kier alpha value is -1.23. The minimum absolute atomic E-state index is 0.0385. The molecule has 0 aromatic carbocycles. The summed E-state index contributed by atoms with van der Waals surface area (Å²) < 4.78 is 0. The molecule has 1 aromatic heterocycles. The zero-order chi connectivity index (χ0) is 12.1. The van der Waals surface area contributed by atoms with Gasteiger partial charge in [-0.1, -0.05) is 24.4 Å². The van der Waals surface area contributed by atoms with Crippen molar-refractivity contribution in [1.29, 1.82) is 0 Å². The van der Waals surface area contributed by atoms with Crippen molar-refractivity contribution in [2.75, 3.05) is 0 Å². The summed E-state index contributed by atoms with van der Waals surface area (Å²) in [5, 5.41) is 6.52. The molecule has 5 heteroatoms. The first-order valence-electron chi connectivity index (χ1n) is 5.92. The first-order valence-corrected chi connectivity index (χ1v) is 6.80. The van der Waals surface area contributed by atoms with E-state index in [0.717, 1.165) is 30.7 Å². The predicted molar refractivity (Wildman–Crippen MR) is 67.0 cm³/mol. The molecule has 0 atom stereocenters. The van der Waals surface area contributed by atoms with Crippen molar-refractivity contribution >= 4 is 23.0 Å². The van der Waals surface area contributed by atoms with Gasteiger partial charge in [0.1, 0.15) is 10.7 Å². The van der Waals surface area contributed by atoms with E-state index < -0.39 is 0 Å². The highest BCUT2D eigenvalue weighted by atomic mass is 32.1. The number of oxime groups is 1. The third-order valence-electron chi connectivity index (χ3n) is 2.95. The van der Waals surface area contributed by atoms with Gasteiger partial charge in [0.05, 0.1) is 5.92 Å². The van der Waals surface area contributed by atoms with Gasteiger partial charge in [-0.05, 0) is 19.8 Å². The Morgan fingerprint density at radius 3 is 2.88 bits per heavy atom. The van der Waals surface area contributed by atoms with E-state index in [4.69, 9.17) is 4.84 Å². The molecule has 92 valence electrons. The summed E-state index contributed by atoms with van der Waals surface area (Å²) in [4.78, 5) is 20.8. The maximum absolute atomic E-state index is 11.7. The second-order valence-electron chi connectivity index (χ2n) is 4.26. The highest BCUT2D eigenvalue weighted by Gasteiger charge is 2.22. The van der Waals surface area contributed by atoms with Gasteiger partial charge in [0.25, 0.3) is 0 Å². The topological polar surface area (TPSA) is 51.5 Å². The summed E-state index contributed by atoms with van der Waals surface area (Å²) in [6.07, 6.45) is 7.05. The van der Waals surface area contributed by atoms with Crippen LogP contribution >= 0.6 is 11.3 Å². The van der Waals surface area contributed by atoms with E-state index in [-0.39, 0.29) is 11.9 Å². The Morgan fingerprint density at radius 1 is 1.47 bits per heavy atom. The van der Waals surface area contributed by atoms with Gasteiger partial charge in [-0.2, -0.15) is 0 Å². The largest absolute Gasteiger partial charge is 0.338 e. The Labute approximate surface area is 105 Å². The molecular weight excluding hydrogens is 236 g/mol. The molecule has 2 rings (SSSR count). The molecule has 0 N–H and O–H groups in total. The summed E-state index contributed by atoms with van der Waals surface area (Å²) in [6.45, 7) is 1.80. The second-order valence-corrected chi connectivity index (χ2v) is 5.15. The molecule has 1 aromatic rings. The van der Waals surface area contributed by atoms with Crippen LogP contribution in [0.5, 0.6) is 0 Å². The Kier molecular flexibility index (Phi) is 4.25. The van der Waals surface area contributed by atoms with Gasteiger partial charge >= 0.3 is 5.97 Å². The van der Waals surface area contributed by atoms with Crippen molar-refractivity contribution in [3.63, 3.8) is 0 Å². The number of hydrogen-bond acceptors (Lipinski definition) is 5. The van der Waals surface area contributed by atoms with Crippen LogP contribution in [0.4, 0.5) is 0 Å². The van der Waals surface area contributed by atoms with E-state index in [1.54, 1.807) is 13.1 Å². The van der Waals surface area contributed by atoms with Crippen molar-refractivity contribution in [2.45, 2.75) is 39.0 Å². The number of carbonyl (C=O) groups is 1. The van der Waals surface area contributed by atoms with Crippen molar-refractivity contribution in [1.82, 2.24) is 4.98 Å². The van der Waals surface area contributed by atoms with Gasteiger partial charge in [-0.25, -0.2) is 9.78 Å². The molecule has 1 fully saturated rings. The van der Waals surface area contributed by atoms with Crippen LogP contribution < -0.4 is 0 Å². The van der Waals surface area contributed by atoms with Crippen LogP contribution in [0, 0.1) is 5.92 Å². The standard InChI is InChI=1S/C12H16N2O2S/c1-9(11-13-7-8-17-11)14-16-12(15)10-5-3-2-4-6-10/h7-8,10H,2-6H2,1H3/b14-9+. The molecule has 0 saturated heterocycles. The van der Waals surface area contributed by atoms with Gasteiger partial charge < -0.3 is 4.84 Å². The zero-order valence-electron chi connectivity index (χ0n) is 9.89. The molecule has 1 heterocycles. The van der Waals surface area contributed by atoms with Crippen LogP contribution in [0.15, 0.2) is 16.7 Å². The lowest BCUT2D eigenvalue weighted by molar-refractivity contribution is -0.149. The number of hydrogen-bond donors (Lipinski definition) is 0. The molecule has 0 amide bonds. The van der Waals surface area contributed by atoms with E-state index in [0.29, 0.717) is 5.71 Å². The molecule has 0 unspecified atom stereocenters. The fraction of sp³-hybridized carbons (Fsp3) is 0.583. The minimum Gasteiger partial charge on any atom is -0.318 e. The molecule has 0 bridgehead atoms. The molecule has 1 saturated carbocycles. The van der Waals surface area contributed by atoms with Crippen LogP contribution in [-0.2, 0) is 9.63 Å². The SMILES string of the molecule is C/C(=N\OC(=O)C1CCCCC1)c1nccs1. The van der Waals surface area contributed by atoms with Crippen molar-refractivity contribution < 1.29 is 9.63 Å². The molecule has 0 aliphatic heterocycles. The van der Waals surface area contributed by atoms with Gasteiger partial charge in [-0.3, -0.25) is 0 Å². The monoisotopic (exact) mass is 252 g/mol. The number of thiazole rings is 1. The van der Waals surface area contributed by atoms with Crippen LogP contribution in [0.1, 0.15) is 44.0 Å². The number of rotatable bonds is 3. The summed E-state index contributed by atoms with van der Waals surface area (Å²) in [6, 6.07) is 0. The average molecular weight is 252 g/mol. The van der Waals surface area contributed by atoms with Crippen LogP contribution in [0.25, 0.3) is 0 Å². The Bertz CT molecular complexity index is 395. The quantitative estimate of drug-likeness (QED) is 0.472. The van der Waals surface area contributed by atoms with Gasteiger partial charge in [0.2, 0.25) is 0 Å². The third-order valence-corrected chi connectivity index (χ3v) is 3.83. The maximum Gasteiger partial charge on any atom is 0.338 e. The fourth-order valence-corrected chi connectivity index (χ4v) is 2.55. The lowest BCUT2D eigenvalue weighted by Gasteiger charge is -2.17. The molecule has 17 heavy (non-hydrogen) atoms. The third kappa shape index (κ3) is 3.36. The van der Waals surface area contributed by atoms with E-state index in [1.807, 2.05) is 5.38 Å².